The van der Waals surface area contributed by atoms with E-state index < -0.39 is 0 Å². The quantitative estimate of drug-likeness (QED) is 0.753. The van der Waals surface area contributed by atoms with Crippen LogP contribution in [0.3, 0.4) is 0 Å². The third-order valence-electron chi connectivity index (χ3n) is 3.20. The molecular formula is C18H24N4O2. The first kappa shape index (κ1) is 17.7. The number of hydrogen-bond acceptors (Lipinski definition) is 6. The number of benzene rings is 1. The summed E-state index contributed by atoms with van der Waals surface area (Å²) in [6.45, 7) is 9.15. The number of nitrogens with one attached hydrogen (secondary N) is 2. The van der Waals surface area contributed by atoms with Crippen LogP contribution >= 0.6 is 0 Å². The number of aromatic nitrogens is 2. The molecule has 2 rings (SSSR count). The van der Waals surface area contributed by atoms with Crippen LogP contribution in [0, 0.1) is 12.8 Å². The summed E-state index contributed by atoms with van der Waals surface area (Å²) < 4.78 is 4.98. The van der Waals surface area contributed by atoms with E-state index >= 15 is 0 Å². The smallest absolute Gasteiger partial charge is 0.338 e. The molecule has 0 bridgehead atoms. The Balaban J connectivity index is 2.08. The van der Waals surface area contributed by atoms with Gasteiger partial charge in [-0.3, -0.25) is 0 Å². The number of ether oxygens (including phenoxy) is 1. The highest BCUT2D eigenvalue weighted by Gasteiger charge is 2.07. The molecule has 0 unspecified atom stereocenters. The Morgan fingerprint density at radius 2 is 1.83 bits per heavy atom. The van der Waals surface area contributed by atoms with Gasteiger partial charge in [0.2, 0.25) is 0 Å². The highest BCUT2D eigenvalue weighted by Crippen LogP contribution is 2.18. The molecule has 2 N–H and O–H groups in total. The minimum atomic E-state index is -0.317. The van der Waals surface area contributed by atoms with Crippen LogP contribution in [0.5, 0.6) is 0 Å². The molecule has 0 aliphatic heterocycles. The normalized spacial score (nSPS) is 10.5. The first-order valence-corrected chi connectivity index (χ1v) is 8.11. The van der Waals surface area contributed by atoms with E-state index in [1.165, 1.54) is 0 Å². The molecule has 24 heavy (non-hydrogen) atoms. The molecule has 0 spiro atoms. The van der Waals surface area contributed by atoms with E-state index in [-0.39, 0.29) is 5.97 Å². The highest BCUT2D eigenvalue weighted by molar-refractivity contribution is 5.89. The topological polar surface area (TPSA) is 76.1 Å². The fraction of sp³-hybridized carbons (Fsp3) is 0.389. The van der Waals surface area contributed by atoms with Gasteiger partial charge in [-0.25, -0.2) is 14.8 Å². The molecule has 1 aromatic heterocycles. The second kappa shape index (κ2) is 8.29. The Bertz CT molecular complexity index is 684. The molecule has 0 fully saturated rings. The molecule has 6 heteroatoms. The van der Waals surface area contributed by atoms with E-state index in [2.05, 4.69) is 34.4 Å². The summed E-state index contributed by atoms with van der Waals surface area (Å²) in [4.78, 5) is 20.4. The molecular weight excluding hydrogens is 304 g/mol. The highest BCUT2D eigenvalue weighted by atomic mass is 16.5. The summed E-state index contributed by atoms with van der Waals surface area (Å²) in [5.74, 6) is 2.41. The molecule has 0 amide bonds. The van der Waals surface area contributed by atoms with Crippen molar-refractivity contribution in [3.63, 3.8) is 0 Å². The zero-order chi connectivity index (χ0) is 17.5. The van der Waals surface area contributed by atoms with Gasteiger partial charge in [-0.1, -0.05) is 13.8 Å². The molecule has 1 aromatic carbocycles. The van der Waals surface area contributed by atoms with E-state index in [4.69, 9.17) is 4.74 Å². The summed E-state index contributed by atoms with van der Waals surface area (Å²) in [5, 5.41) is 6.52. The van der Waals surface area contributed by atoms with Crippen molar-refractivity contribution < 1.29 is 9.53 Å². The van der Waals surface area contributed by atoms with Crippen LogP contribution in [0.2, 0.25) is 0 Å². The molecule has 0 radical (unpaired) electrons. The maximum absolute atomic E-state index is 11.7. The number of nitrogens with zero attached hydrogens (tertiary/aromatic N) is 2. The molecule has 0 aliphatic carbocycles. The van der Waals surface area contributed by atoms with Gasteiger partial charge in [-0.15, -0.1) is 0 Å². The number of carbonyl (C=O) groups is 1. The number of aryl methyl sites for hydroxylation is 1. The SMILES string of the molecule is CCOC(=O)c1ccc(Nc2cc(NCC(C)C)nc(C)n2)cc1. The second-order valence-corrected chi connectivity index (χ2v) is 5.88. The summed E-state index contributed by atoms with van der Waals surface area (Å²) in [7, 11) is 0. The van der Waals surface area contributed by atoms with Gasteiger partial charge in [-0.05, 0) is 44.0 Å². The number of hydrogen-bond donors (Lipinski definition) is 2. The van der Waals surface area contributed by atoms with Crippen LogP contribution in [0.15, 0.2) is 30.3 Å². The van der Waals surface area contributed by atoms with Crippen LogP contribution in [0.25, 0.3) is 0 Å². The van der Waals surface area contributed by atoms with Gasteiger partial charge in [0.05, 0.1) is 12.2 Å². The van der Waals surface area contributed by atoms with E-state index in [1.807, 2.05) is 25.1 Å². The molecule has 128 valence electrons. The lowest BCUT2D eigenvalue weighted by molar-refractivity contribution is 0.0526. The number of anilines is 3. The fourth-order valence-corrected chi connectivity index (χ4v) is 2.08. The Hall–Kier alpha value is -2.63. The van der Waals surface area contributed by atoms with Gasteiger partial charge in [-0.2, -0.15) is 0 Å². The van der Waals surface area contributed by atoms with Gasteiger partial charge < -0.3 is 15.4 Å². The molecule has 0 saturated heterocycles. The number of rotatable bonds is 7. The van der Waals surface area contributed by atoms with Crippen molar-refractivity contribution in [2.75, 3.05) is 23.8 Å². The molecule has 0 atom stereocenters. The Morgan fingerprint density at radius 3 is 2.46 bits per heavy atom. The third kappa shape index (κ3) is 5.22. The predicted molar refractivity (Wildman–Crippen MR) is 95.8 cm³/mol. The maximum atomic E-state index is 11.7. The predicted octanol–water partition coefficient (Wildman–Crippen LogP) is 3.77. The Labute approximate surface area is 142 Å². The van der Waals surface area contributed by atoms with Crippen LogP contribution < -0.4 is 10.6 Å². The summed E-state index contributed by atoms with van der Waals surface area (Å²) in [6.07, 6.45) is 0. The Kier molecular flexibility index (Phi) is 6.12. The van der Waals surface area contributed by atoms with Gasteiger partial charge in [0.15, 0.2) is 0 Å². The monoisotopic (exact) mass is 328 g/mol. The summed E-state index contributed by atoms with van der Waals surface area (Å²) in [6, 6.07) is 8.98. The summed E-state index contributed by atoms with van der Waals surface area (Å²) in [5.41, 5.74) is 1.37. The third-order valence-corrected chi connectivity index (χ3v) is 3.20. The van der Waals surface area contributed by atoms with E-state index in [0.29, 0.717) is 29.7 Å². The van der Waals surface area contributed by atoms with Gasteiger partial charge in [0.1, 0.15) is 17.5 Å². The zero-order valence-corrected chi connectivity index (χ0v) is 14.6. The van der Waals surface area contributed by atoms with Crippen molar-refractivity contribution in [3.8, 4) is 0 Å². The van der Waals surface area contributed by atoms with Crippen LogP contribution in [0.1, 0.15) is 37.0 Å². The van der Waals surface area contributed by atoms with Crippen molar-refractivity contribution in [1.82, 2.24) is 9.97 Å². The average Bonchev–Trinajstić information content (AvgIpc) is 2.53. The van der Waals surface area contributed by atoms with E-state index in [0.717, 1.165) is 18.1 Å². The zero-order valence-electron chi connectivity index (χ0n) is 14.6. The molecule has 2 aromatic rings. The fourth-order valence-electron chi connectivity index (χ4n) is 2.08. The second-order valence-electron chi connectivity index (χ2n) is 5.88. The first-order valence-electron chi connectivity index (χ1n) is 8.11. The van der Waals surface area contributed by atoms with Crippen molar-refractivity contribution in [1.29, 1.82) is 0 Å². The van der Waals surface area contributed by atoms with E-state index in [1.54, 1.807) is 19.1 Å². The van der Waals surface area contributed by atoms with Crippen LogP contribution in [-0.4, -0.2) is 29.1 Å². The van der Waals surface area contributed by atoms with Gasteiger partial charge in [0.25, 0.3) is 0 Å². The lowest BCUT2D eigenvalue weighted by Gasteiger charge is -2.11. The minimum absolute atomic E-state index is 0.317. The lowest BCUT2D eigenvalue weighted by Crippen LogP contribution is -2.10. The van der Waals surface area contributed by atoms with Crippen LogP contribution in [0.4, 0.5) is 17.3 Å². The summed E-state index contributed by atoms with van der Waals surface area (Å²) >= 11 is 0. The largest absolute Gasteiger partial charge is 0.462 e. The Morgan fingerprint density at radius 1 is 1.17 bits per heavy atom. The minimum Gasteiger partial charge on any atom is -0.462 e. The first-order chi connectivity index (χ1) is 11.5. The molecule has 6 nitrogen and oxygen atoms in total. The van der Waals surface area contributed by atoms with E-state index in [9.17, 15) is 4.79 Å². The van der Waals surface area contributed by atoms with Crippen molar-refractivity contribution in [2.45, 2.75) is 27.7 Å². The lowest BCUT2D eigenvalue weighted by atomic mass is 10.2. The van der Waals surface area contributed by atoms with Crippen LogP contribution in [-0.2, 0) is 4.74 Å². The molecule has 1 heterocycles. The molecule has 0 saturated carbocycles. The molecule has 0 aliphatic rings. The van der Waals surface area contributed by atoms with Gasteiger partial charge in [0, 0.05) is 18.3 Å². The van der Waals surface area contributed by atoms with Crippen molar-refractivity contribution in [2.24, 2.45) is 5.92 Å². The number of esters is 1. The average molecular weight is 328 g/mol. The standard InChI is InChI=1S/C18H24N4O2/c1-5-24-18(23)14-6-8-15(9-7-14)22-17-10-16(19-11-12(2)3)20-13(4)21-17/h6-10,12H,5,11H2,1-4H3,(H2,19,20,21,22). The van der Waals surface area contributed by atoms with Crippen molar-refractivity contribution in [3.05, 3.63) is 41.7 Å². The maximum Gasteiger partial charge on any atom is 0.338 e. The van der Waals surface area contributed by atoms with Crippen molar-refractivity contribution >= 4 is 23.3 Å². The number of carbonyl (C=O) groups excluding carboxylic acids is 1. The van der Waals surface area contributed by atoms with Gasteiger partial charge >= 0.3 is 5.97 Å².